The molecule has 0 aliphatic carbocycles. The molecule has 0 saturated carbocycles. The van der Waals surface area contributed by atoms with Crippen LogP contribution in [0.15, 0.2) is 36.9 Å². The fourth-order valence-corrected chi connectivity index (χ4v) is 3.16. The Balaban J connectivity index is 1.98. The molecule has 0 amide bonds. The van der Waals surface area contributed by atoms with Crippen molar-refractivity contribution in [3.05, 3.63) is 42.5 Å². The molecule has 0 spiro atoms. The smallest absolute Gasteiger partial charge is 0.264 e. The summed E-state index contributed by atoms with van der Waals surface area (Å²) < 4.78 is 6.45. The molecule has 4 aromatic heterocycles. The predicted molar refractivity (Wildman–Crippen MR) is 72.0 cm³/mol. The lowest BCUT2D eigenvalue weighted by Gasteiger charge is -1.96. The first-order valence-corrected chi connectivity index (χ1v) is 6.49. The van der Waals surface area contributed by atoms with E-state index in [1.807, 2.05) is 29.1 Å². The molecule has 0 unspecified atom stereocenters. The first kappa shape index (κ1) is 10.1. The van der Waals surface area contributed by atoms with E-state index in [0.29, 0.717) is 0 Å². The average molecular weight is 263 g/mol. The van der Waals surface area contributed by atoms with Gasteiger partial charge in [0.2, 0.25) is 5.82 Å². The molecule has 0 aromatic carbocycles. The van der Waals surface area contributed by atoms with Gasteiger partial charge in [-0.15, -0.1) is 0 Å². The van der Waals surface area contributed by atoms with Gasteiger partial charge < -0.3 is 0 Å². The molecule has 0 radical (unpaired) electrons. The standard InChI is InChI=1S/C14H11N6/c1-18-12-10-3-5-15-7-9(10)8-20(12)11-13(18)19-6-2-4-16-14(19)17-11/h2-7H,8H2,1H3/q+1. The molecule has 6 heteroatoms. The SMILES string of the molecule is C[n+]1c2n(c3nc4ncccn4c31)Cc1cnccc1-2. The second-order valence-corrected chi connectivity index (χ2v) is 5.05. The van der Waals surface area contributed by atoms with E-state index in [0.717, 1.165) is 23.6 Å². The number of fused-ring (bicyclic) bond motifs is 7. The third kappa shape index (κ3) is 1.01. The molecule has 5 heterocycles. The van der Waals surface area contributed by atoms with E-state index in [1.165, 1.54) is 17.0 Å². The molecule has 0 atom stereocenters. The third-order valence-corrected chi connectivity index (χ3v) is 3.98. The van der Waals surface area contributed by atoms with Crippen LogP contribution in [-0.4, -0.2) is 23.9 Å². The largest absolute Gasteiger partial charge is 0.299 e. The monoisotopic (exact) mass is 263 g/mol. The van der Waals surface area contributed by atoms with Crippen LogP contribution in [0.25, 0.3) is 28.5 Å². The fourth-order valence-electron chi connectivity index (χ4n) is 3.16. The molecule has 0 bridgehead atoms. The summed E-state index contributed by atoms with van der Waals surface area (Å²) in [6, 6.07) is 3.99. The van der Waals surface area contributed by atoms with Gasteiger partial charge in [0.15, 0.2) is 0 Å². The number of hydrogen-bond donors (Lipinski definition) is 0. The molecule has 0 fully saturated rings. The summed E-state index contributed by atoms with van der Waals surface area (Å²) >= 11 is 0. The van der Waals surface area contributed by atoms with Crippen LogP contribution in [0, 0.1) is 0 Å². The summed E-state index contributed by atoms with van der Waals surface area (Å²) in [6.45, 7) is 0.819. The Morgan fingerprint density at radius 2 is 2.25 bits per heavy atom. The van der Waals surface area contributed by atoms with Crippen LogP contribution >= 0.6 is 0 Å². The summed E-state index contributed by atoms with van der Waals surface area (Å²) in [4.78, 5) is 13.2. The number of pyridine rings is 1. The van der Waals surface area contributed by atoms with E-state index in [4.69, 9.17) is 0 Å². The number of nitrogens with zero attached hydrogens (tertiary/aromatic N) is 6. The second kappa shape index (κ2) is 3.22. The van der Waals surface area contributed by atoms with Crippen LogP contribution in [0.3, 0.4) is 0 Å². The van der Waals surface area contributed by atoms with Crippen LogP contribution in [-0.2, 0) is 13.6 Å². The Morgan fingerprint density at radius 1 is 1.30 bits per heavy atom. The molecular formula is C14H11N6+. The summed E-state index contributed by atoms with van der Waals surface area (Å²) in [5, 5.41) is 0. The highest BCUT2D eigenvalue weighted by Crippen LogP contribution is 2.32. The van der Waals surface area contributed by atoms with Gasteiger partial charge >= 0.3 is 0 Å². The first-order valence-electron chi connectivity index (χ1n) is 6.49. The Hall–Kier alpha value is -2.76. The number of hydrogen-bond acceptors (Lipinski definition) is 3. The van der Waals surface area contributed by atoms with Gasteiger partial charge in [0.05, 0.1) is 25.4 Å². The molecular weight excluding hydrogens is 252 g/mol. The van der Waals surface area contributed by atoms with E-state index in [9.17, 15) is 0 Å². The van der Waals surface area contributed by atoms with Crippen molar-refractivity contribution in [2.75, 3.05) is 0 Å². The van der Waals surface area contributed by atoms with Gasteiger partial charge in [-0.2, -0.15) is 9.38 Å². The van der Waals surface area contributed by atoms with Crippen molar-refractivity contribution in [1.29, 1.82) is 0 Å². The van der Waals surface area contributed by atoms with Gasteiger partial charge in [-0.05, 0) is 12.1 Å². The third-order valence-electron chi connectivity index (χ3n) is 3.98. The van der Waals surface area contributed by atoms with Crippen LogP contribution < -0.4 is 4.57 Å². The lowest BCUT2D eigenvalue weighted by atomic mass is 10.2. The number of aromatic nitrogens is 6. The average Bonchev–Trinajstić information content (AvgIpc) is 3.10. The van der Waals surface area contributed by atoms with Crippen molar-refractivity contribution in [2.24, 2.45) is 7.05 Å². The summed E-state index contributed by atoms with van der Waals surface area (Å²) in [5.41, 5.74) is 4.52. The molecule has 1 aliphatic rings. The van der Waals surface area contributed by atoms with Crippen LogP contribution in [0.2, 0.25) is 0 Å². The zero-order chi connectivity index (χ0) is 13.3. The van der Waals surface area contributed by atoms with Crippen molar-refractivity contribution < 1.29 is 4.57 Å². The van der Waals surface area contributed by atoms with Crippen molar-refractivity contribution >= 4 is 17.1 Å². The Morgan fingerprint density at radius 3 is 3.20 bits per heavy atom. The topological polar surface area (TPSA) is 51.9 Å². The maximum atomic E-state index is 4.66. The van der Waals surface area contributed by atoms with Gasteiger partial charge in [0, 0.05) is 24.2 Å². The normalized spacial score (nSPS) is 13.1. The Labute approximate surface area is 114 Å². The van der Waals surface area contributed by atoms with E-state index in [-0.39, 0.29) is 0 Å². The molecule has 0 saturated heterocycles. The number of imidazole rings is 2. The fraction of sp³-hybridized carbons (Fsp3) is 0.143. The van der Waals surface area contributed by atoms with E-state index in [2.05, 4.69) is 37.2 Å². The molecule has 1 aliphatic heterocycles. The maximum Gasteiger partial charge on any atom is 0.299 e. The summed E-state index contributed by atoms with van der Waals surface area (Å²) in [7, 11) is 2.07. The highest BCUT2D eigenvalue weighted by atomic mass is 15.3. The van der Waals surface area contributed by atoms with E-state index in [1.54, 1.807) is 6.20 Å². The predicted octanol–water partition coefficient (Wildman–Crippen LogP) is 0.932. The van der Waals surface area contributed by atoms with Gasteiger partial charge in [0.1, 0.15) is 0 Å². The zero-order valence-corrected chi connectivity index (χ0v) is 10.9. The quantitative estimate of drug-likeness (QED) is 0.391. The minimum absolute atomic E-state index is 0.734. The maximum absolute atomic E-state index is 4.66. The Kier molecular flexibility index (Phi) is 1.62. The number of rotatable bonds is 0. The van der Waals surface area contributed by atoms with Crippen LogP contribution in [0.5, 0.6) is 0 Å². The van der Waals surface area contributed by atoms with Crippen LogP contribution in [0.1, 0.15) is 5.56 Å². The summed E-state index contributed by atoms with van der Waals surface area (Å²) in [5.74, 6) is 1.91. The minimum Gasteiger partial charge on any atom is -0.264 e. The van der Waals surface area contributed by atoms with E-state index < -0.39 is 0 Å². The lowest BCUT2D eigenvalue weighted by molar-refractivity contribution is -0.636. The van der Waals surface area contributed by atoms with Crippen molar-refractivity contribution in [3.8, 4) is 11.4 Å². The van der Waals surface area contributed by atoms with E-state index >= 15 is 0 Å². The van der Waals surface area contributed by atoms with Crippen molar-refractivity contribution in [2.45, 2.75) is 6.54 Å². The molecule has 5 rings (SSSR count). The highest BCUT2D eigenvalue weighted by Gasteiger charge is 2.33. The molecule has 4 aromatic rings. The highest BCUT2D eigenvalue weighted by molar-refractivity contribution is 5.76. The minimum atomic E-state index is 0.734. The second-order valence-electron chi connectivity index (χ2n) is 5.05. The summed E-state index contributed by atoms with van der Waals surface area (Å²) in [6.07, 6.45) is 7.54. The van der Waals surface area contributed by atoms with Crippen molar-refractivity contribution in [3.63, 3.8) is 0 Å². The molecule has 96 valence electrons. The molecule has 20 heavy (non-hydrogen) atoms. The van der Waals surface area contributed by atoms with Gasteiger partial charge in [-0.1, -0.05) is 0 Å². The first-order chi connectivity index (χ1) is 9.84. The van der Waals surface area contributed by atoms with Gasteiger partial charge in [-0.3, -0.25) is 4.98 Å². The Bertz CT molecular complexity index is 994. The zero-order valence-electron chi connectivity index (χ0n) is 10.9. The van der Waals surface area contributed by atoms with Crippen LogP contribution in [0.4, 0.5) is 0 Å². The lowest BCUT2D eigenvalue weighted by Crippen LogP contribution is -2.30. The van der Waals surface area contributed by atoms with Crippen molar-refractivity contribution in [1.82, 2.24) is 23.9 Å². The molecule has 0 N–H and O–H groups in total. The van der Waals surface area contributed by atoms with Gasteiger partial charge in [0.25, 0.3) is 17.1 Å². The van der Waals surface area contributed by atoms with Gasteiger partial charge in [-0.25, -0.2) is 14.1 Å². The molecule has 6 nitrogen and oxygen atoms in total. The number of aryl methyl sites for hydroxylation is 1.